The first-order chi connectivity index (χ1) is 9.87. The van der Waals surface area contributed by atoms with Crippen LogP contribution < -0.4 is 4.72 Å². The maximum Gasteiger partial charge on any atom is 0.243 e. The van der Waals surface area contributed by atoms with Crippen LogP contribution in [0.5, 0.6) is 0 Å². The number of aliphatic hydroxyl groups is 1. The average Bonchev–Trinajstić information content (AvgIpc) is 2.47. The van der Waals surface area contributed by atoms with Crippen molar-refractivity contribution >= 4 is 26.0 Å². The zero-order chi connectivity index (χ0) is 15.5. The van der Waals surface area contributed by atoms with E-state index in [0.717, 1.165) is 0 Å². The van der Waals surface area contributed by atoms with E-state index in [4.69, 9.17) is 0 Å². The summed E-state index contributed by atoms with van der Waals surface area (Å²) in [6.07, 6.45) is 2.76. The van der Waals surface area contributed by atoms with Gasteiger partial charge in [-0.2, -0.15) is 4.72 Å². The Morgan fingerprint density at radius 2 is 1.95 bits per heavy atom. The van der Waals surface area contributed by atoms with E-state index in [9.17, 15) is 13.5 Å². The molecule has 0 aliphatic rings. The predicted molar refractivity (Wildman–Crippen MR) is 83.1 cm³/mol. The van der Waals surface area contributed by atoms with E-state index >= 15 is 0 Å². The molecule has 0 aliphatic heterocycles. The Labute approximate surface area is 132 Å². The van der Waals surface area contributed by atoms with E-state index in [1.807, 2.05) is 6.07 Å². The van der Waals surface area contributed by atoms with Gasteiger partial charge in [0.25, 0.3) is 0 Å². The van der Waals surface area contributed by atoms with Crippen molar-refractivity contribution in [2.75, 3.05) is 6.61 Å². The number of rotatable bonds is 5. The van der Waals surface area contributed by atoms with Gasteiger partial charge in [-0.15, -0.1) is 0 Å². The Kier molecular flexibility index (Phi) is 4.77. The smallest absolute Gasteiger partial charge is 0.243 e. The summed E-state index contributed by atoms with van der Waals surface area (Å²) in [6, 6.07) is 10.4. The van der Waals surface area contributed by atoms with Gasteiger partial charge in [0.1, 0.15) is 4.90 Å². The minimum atomic E-state index is -3.80. The molecular formula is C14H15BrN2O3S. The maximum absolute atomic E-state index is 12.4. The minimum Gasteiger partial charge on any atom is -0.394 e. The van der Waals surface area contributed by atoms with Crippen LogP contribution in [0.15, 0.2) is 58.2 Å². The number of hydrogen-bond donors (Lipinski definition) is 2. The van der Waals surface area contributed by atoms with E-state index in [0.29, 0.717) is 10.0 Å². The first kappa shape index (κ1) is 16.1. The number of pyridine rings is 1. The number of aliphatic hydroxyl groups excluding tert-OH is 1. The van der Waals surface area contributed by atoms with Gasteiger partial charge >= 0.3 is 0 Å². The fourth-order valence-corrected chi connectivity index (χ4v) is 3.77. The number of benzene rings is 1. The van der Waals surface area contributed by atoms with Gasteiger partial charge in [0, 0.05) is 16.9 Å². The fourth-order valence-electron chi connectivity index (χ4n) is 1.88. The Morgan fingerprint density at radius 1 is 1.29 bits per heavy atom. The van der Waals surface area contributed by atoms with E-state index in [2.05, 4.69) is 25.6 Å². The number of sulfonamides is 1. The summed E-state index contributed by atoms with van der Waals surface area (Å²) in [7, 11) is -3.80. The molecule has 1 unspecified atom stereocenters. The standard InChI is InChI=1S/C14H15BrN2O3S/c1-14(10-18,11-5-3-2-4-6-11)17-21(19,20)13-7-12(15)8-16-9-13/h2-9,17-18H,10H2,1H3. The highest BCUT2D eigenvalue weighted by molar-refractivity contribution is 9.10. The molecule has 7 heteroatoms. The van der Waals surface area contributed by atoms with Gasteiger partial charge in [0.05, 0.1) is 12.1 Å². The van der Waals surface area contributed by atoms with Crippen molar-refractivity contribution in [2.24, 2.45) is 0 Å². The molecule has 0 bridgehead atoms. The molecule has 0 aliphatic carbocycles. The van der Waals surface area contributed by atoms with Crippen molar-refractivity contribution in [1.82, 2.24) is 9.71 Å². The Morgan fingerprint density at radius 3 is 2.52 bits per heavy atom. The molecule has 2 N–H and O–H groups in total. The third kappa shape index (κ3) is 3.68. The van der Waals surface area contributed by atoms with Crippen molar-refractivity contribution in [3.8, 4) is 0 Å². The lowest BCUT2D eigenvalue weighted by Crippen LogP contribution is -2.46. The van der Waals surface area contributed by atoms with Gasteiger partial charge < -0.3 is 5.11 Å². The topological polar surface area (TPSA) is 79.3 Å². The molecule has 112 valence electrons. The molecule has 0 radical (unpaired) electrons. The van der Waals surface area contributed by atoms with Crippen LogP contribution in [-0.4, -0.2) is 25.1 Å². The van der Waals surface area contributed by atoms with Gasteiger partial charge in [-0.25, -0.2) is 8.42 Å². The van der Waals surface area contributed by atoms with Crippen molar-refractivity contribution in [2.45, 2.75) is 17.4 Å². The van der Waals surface area contributed by atoms with Crippen LogP contribution in [0.4, 0.5) is 0 Å². The van der Waals surface area contributed by atoms with E-state index in [-0.39, 0.29) is 11.5 Å². The Bertz CT molecular complexity index is 722. The SMILES string of the molecule is CC(CO)(NS(=O)(=O)c1cncc(Br)c1)c1ccccc1. The summed E-state index contributed by atoms with van der Waals surface area (Å²) < 4.78 is 28.0. The highest BCUT2D eigenvalue weighted by Crippen LogP contribution is 2.23. The molecule has 1 heterocycles. The summed E-state index contributed by atoms with van der Waals surface area (Å²) >= 11 is 3.19. The van der Waals surface area contributed by atoms with Crippen LogP contribution in [-0.2, 0) is 15.6 Å². The summed E-state index contributed by atoms with van der Waals surface area (Å²) in [4.78, 5) is 3.89. The summed E-state index contributed by atoms with van der Waals surface area (Å²) in [6.45, 7) is 1.27. The third-order valence-electron chi connectivity index (χ3n) is 3.08. The lowest BCUT2D eigenvalue weighted by molar-refractivity contribution is 0.196. The Hall–Kier alpha value is -1.28. The van der Waals surface area contributed by atoms with Crippen molar-refractivity contribution in [3.63, 3.8) is 0 Å². The van der Waals surface area contributed by atoms with E-state index in [1.165, 1.54) is 18.5 Å². The average molecular weight is 371 g/mol. The van der Waals surface area contributed by atoms with Crippen LogP contribution in [0, 0.1) is 0 Å². The molecule has 0 saturated carbocycles. The molecule has 5 nitrogen and oxygen atoms in total. The second-order valence-corrected chi connectivity index (χ2v) is 7.40. The third-order valence-corrected chi connectivity index (χ3v) is 5.07. The van der Waals surface area contributed by atoms with Crippen molar-refractivity contribution in [1.29, 1.82) is 0 Å². The van der Waals surface area contributed by atoms with Crippen LogP contribution in [0.1, 0.15) is 12.5 Å². The van der Waals surface area contributed by atoms with Gasteiger partial charge in [-0.3, -0.25) is 4.98 Å². The molecule has 0 saturated heterocycles. The predicted octanol–water partition coefficient (Wildman–Crippen LogP) is 2.03. The molecular weight excluding hydrogens is 356 g/mol. The number of nitrogens with zero attached hydrogens (tertiary/aromatic N) is 1. The molecule has 21 heavy (non-hydrogen) atoms. The van der Waals surface area contributed by atoms with Gasteiger partial charge in [-0.1, -0.05) is 30.3 Å². The van der Waals surface area contributed by atoms with Crippen LogP contribution in [0.3, 0.4) is 0 Å². The maximum atomic E-state index is 12.4. The second-order valence-electron chi connectivity index (χ2n) is 4.80. The number of halogens is 1. The molecule has 0 fully saturated rings. The minimum absolute atomic E-state index is 0.0347. The normalized spacial score (nSPS) is 14.6. The summed E-state index contributed by atoms with van der Waals surface area (Å²) in [5, 5.41) is 9.65. The quantitative estimate of drug-likeness (QED) is 0.843. The van der Waals surface area contributed by atoms with E-state index < -0.39 is 15.6 Å². The monoisotopic (exact) mass is 370 g/mol. The highest BCUT2D eigenvalue weighted by Gasteiger charge is 2.32. The largest absolute Gasteiger partial charge is 0.394 e. The second kappa shape index (κ2) is 6.23. The molecule has 2 rings (SSSR count). The van der Waals surface area contributed by atoms with Gasteiger partial charge in [0.2, 0.25) is 10.0 Å². The van der Waals surface area contributed by atoms with Crippen LogP contribution >= 0.6 is 15.9 Å². The van der Waals surface area contributed by atoms with Gasteiger partial charge in [-0.05, 0) is 34.5 Å². The zero-order valence-electron chi connectivity index (χ0n) is 11.3. The lowest BCUT2D eigenvalue weighted by atomic mass is 9.94. The zero-order valence-corrected chi connectivity index (χ0v) is 13.7. The first-order valence-electron chi connectivity index (χ1n) is 6.18. The molecule has 1 atom stereocenters. The number of hydrogen-bond acceptors (Lipinski definition) is 4. The number of aromatic nitrogens is 1. The fraction of sp³-hybridized carbons (Fsp3) is 0.214. The van der Waals surface area contributed by atoms with E-state index in [1.54, 1.807) is 31.2 Å². The lowest BCUT2D eigenvalue weighted by Gasteiger charge is -2.28. The first-order valence-corrected chi connectivity index (χ1v) is 8.46. The van der Waals surface area contributed by atoms with Gasteiger partial charge in [0.15, 0.2) is 0 Å². The Balaban J connectivity index is 2.38. The molecule has 0 spiro atoms. The molecule has 1 aromatic heterocycles. The molecule has 0 amide bonds. The molecule has 1 aromatic carbocycles. The summed E-state index contributed by atoms with van der Waals surface area (Å²) in [5.41, 5.74) is -0.429. The number of nitrogens with one attached hydrogen (secondary N) is 1. The van der Waals surface area contributed by atoms with Crippen LogP contribution in [0.25, 0.3) is 0 Å². The summed E-state index contributed by atoms with van der Waals surface area (Å²) in [5.74, 6) is 0. The van der Waals surface area contributed by atoms with Crippen molar-refractivity contribution < 1.29 is 13.5 Å². The van der Waals surface area contributed by atoms with Crippen molar-refractivity contribution in [3.05, 3.63) is 58.8 Å². The molecule has 2 aromatic rings. The van der Waals surface area contributed by atoms with Crippen LogP contribution in [0.2, 0.25) is 0 Å². The highest BCUT2D eigenvalue weighted by atomic mass is 79.9.